The average Bonchev–Trinajstić information content (AvgIpc) is 2.72. The first-order chi connectivity index (χ1) is 13.1. The molecule has 1 saturated heterocycles. The van der Waals surface area contributed by atoms with E-state index >= 15 is 0 Å². The zero-order chi connectivity index (χ0) is 19.2. The second-order valence-corrected chi connectivity index (χ2v) is 6.59. The number of likely N-dealkylation sites (N-methyl/N-ethyl adjacent to an activating group) is 1. The number of aromatic nitrogens is 1. The third kappa shape index (κ3) is 4.43. The van der Waals surface area contributed by atoms with E-state index in [2.05, 4.69) is 27.3 Å². The number of anilines is 1. The summed E-state index contributed by atoms with van der Waals surface area (Å²) in [6.07, 6.45) is 2.42. The van der Waals surface area contributed by atoms with E-state index in [1.54, 1.807) is 30.3 Å². The number of pyridine rings is 1. The summed E-state index contributed by atoms with van der Waals surface area (Å²) in [5.74, 6) is -0.0533. The number of piperazine rings is 1. The van der Waals surface area contributed by atoms with Crippen LogP contribution in [0.5, 0.6) is 0 Å². The third-order valence-electron chi connectivity index (χ3n) is 4.93. The first-order valence-corrected chi connectivity index (χ1v) is 9.09. The van der Waals surface area contributed by atoms with Gasteiger partial charge in [-0.25, -0.2) is 4.98 Å². The standard InChI is InChI=1S/C20H25N5O2/c1-22-19(26)17-14-25(20(27)16-8-5-10-23-18(16)21)13-12-24(17)11-9-15-6-3-2-4-7-15/h2-8,10,17H,9,11-14H2,1H3,(H2,21,23)(H,22,26)/t17-/m1/s1. The number of hydrogen-bond donors (Lipinski definition) is 2. The number of amides is 2. The maximum Gasteiger partial charge on any atom is 0.257 e. The minimum absolute atomic E-state index is 0.0836. The quantitative estimate of drug-likeness (QED) is 0.815. The predicted molar refractivity (Wildman–Crippen MR) is 104 cm³/mol. The summed E-state index contributed by atoms with van der Waals surface area (Å²) in [7, 11) is 1.62. The molecule has 1 aliphatic heterocycles. The van der Waals surface area contributed by atoms with Crippen molar-refractivity contribution in [1.82, 2.24) is 20.1 Å². The summed E-state index contributed by atoms with van der Waals surface area (Å²) < 4.78 is 0. The number of carbonyl (C=O) groups excluding carboxylic acids is 2. The molecule has 1 aromatic carbocycles. The van der Waals surface area contributed by atoms with Gasteiger partial charge in [0.05, 0.1) is 5.56 Å². The third-order valence-corrected chi connectivity index (χ3v) is 4.93. The Morgan fingerprint density at radius 2 is 1.96 bits per heavy atom. The van der Waals surface area contributed by atoms with Crippen LogP contribution < -0.4 is 11.1 Å². The monoisotopic (exact) mass is 367 g/mol. The van der Waals surface area contributed by atoms with Crippen LogP contribution in [-0.4, -0.2) is 65.9 Å². The van der Waals surface area contributed by atoms with Crippen molar-refractivity contribution in [2.24, 2.45) is 0 Å². The van der Waals surface area contributed by atoms with Gasteiger partial charge in [0, 0.05) is 39.4 Å². The van der Waals surface area contributed by atoms with Crippen molar-refractivity contribution in [3.8, 4) is 0 Å². The van der Waals surface area contributed by atoms with Crippen LogP contribution in [0.2, 0.25) is 0 Å². The molecule has 27 heavy (non-hydrogen) atoms. The molecule has 2 amide bonds. The lowest BCUT2D eigenvalue weighted by molar-refractivity contribution is -0.127. The molecule has 7 heteroatoms. The van der Waals surface area contributed by atoms with Gasteiger partial charge in [0.2, 0.25) is 5.91 Å². The van der Waals surface area contributed by atoms with Gasteiger partial charge in [0.1, 0.15) is 11.9 Å². The molecule has 3 N–H and O–H groups in total. The van der Waals surface area contributed by atoms with Crippen molar-refractivity contribution in [2.45, 2.75) is 12.5 Å². The fraction of sp³-hybridized carbons (Fsp3) is 0.350. The molecule has 0 saturated carbocycles. The summed E-state index contributed by atoms with van der Waals surface area (Å²) in [5, 5.41) is 2.72. The molecule has 0 radical (unpaired) electrons. The number of benzene rings is 1. The highest BCUT2D eigenvalue weighted by Gasteiger charge is 2.34. The lowest BCUT2D eigenvalue weighted by Crippen LogP contribution is -2.60. The van der Waals surface area contributed by atoms with E-state index in [0.717, 1.165) is 13.0 Å². The summed E-state index contributed by atoms with van der Waals surface area (Å²) in [4.78, 5) is 33.1. The zero-order valence-corrected chi connectivity index (χ0v) is 15.5. The lowest BCUT2D eigenvalue weighted by Gasteiger charge is -2.40. The lowest BCUT2D eigenvalue weighted by atomic mass is 10.1. The minimum Gasteiger partial charge on any atom is -0.383 e. The normalized spacial score (nSPS) is 17.5. The number of carbonyl (C=O) groups is 2. The van der Waals surface area contributed by atoms with E-state index in [-0.39, 0.29) is 23.7 Å². The largest absolute Gasteiger partial charge is 0.383 e. The highest BCUT2D eigenvalue weighted by Crippen LogP contribution is 2.17. The molecular weight excluding hydrogens is 342 g/mol. The maximum absolute atomic E-state index is 12.8. The van der Waals surface area contributed by atoms with E-state index < -0.39 is 0 Å². The fourth-order valence-corrected chi connectivity index (χ4v) is 3.37. The van der Waals surface area contributed by atoms with Crippen LogP contribution in [0.3, 0.4) is 0 Å². The van der Waals surface area contributed by atoms with Crippen LogP contribution in [0.4, 0.5) is 5.82 Å². The van der Waals surface area contributed by atoms with Gasteiger partial charge in [-0.2, -0.15) is 0 Å². The van der Waals surface area contributed by atoms with Gasteiger partial charge in [0.25, 0.3) is 5.91 Å². The fourth-order valence-electron chi connectivity index (χ4n) is 3.37. The molecular formula is C20H25N5O2. The van der Waals surface area contributed by atoms with Crippen LogP contribution in [0, 0.1) is 0 Å². The Morgan fingerprint density at radius 1 is 1.19 bits per heavy atom. The van der Waals surface area contributed by atoms with E-state index in [0.29, 0.717) is 25.2 Å². The smallest absolute Gasteiger partial charge is 0.257 e. The van der Waals surface area contributed by atoms with Gasteiger partial charge in [0.15, 0.2) is 0 Å². The first-order valence-electron chi connectivity index (χ1n) is 9.09. The summed E-state index contributed by atoms with van der Waals surface area (Å²) in [6, 6.07) is 13.2. The SMILES string of the molecule is CNC(=O)[C@H]1CN(C(=O)c2cccnc2N)CCN1CCc1ccccc1. The Balaban J connectivity index is 1.70. The molecule has 1 aliphatic rings. The Bertz CT molecular complexity index is 796. The van der Waals surface area contributed by atoms with Gasteiger partial charge in [-0.05, 0) is 24.1 Å². The summed E-state index contributed by atoms with van der Waals surface area (Å²) in [6.45, 7) is 2.28. The molecule has 7 nitrogen and oxygen atoms in total. The molecule has 2 aromatic rings. The van der Waals surface area contributed by atoms with Gasteiger partial charge in [-0.1, -0.05) is 30.3 Å². The van der Waals surface area contributed by atoms with Gasteiger partial charge in [-0.15, -0.1) is 0 Å². The number of hydrogen-bond acceptors (Lipinski definition) is 5. The first kappa shape index (κ1) is 18.8. The Hall–Kier alpha value is -2.93. The van der Waals surface area contributed by atoms with E-state index in [1.807, 2.05) is 18.2 Å². The predicted octanol–water partition coefficient (Wildman–Crippen LogP) is 0.779. The number of nitrogen functional groups attached to an aromatic ring is 1. The average molecular weight is 367 g/mol. The molecule has 2 heterocycles. The molecule has 0 unspecified atom stereocenters. The highest BCUT2D eigenvalue weighted by molar-refractivity contribution is 5.98. The highest BCUT2D eigenvalue weighted by atomic mass is 16.2. The van der Waals surface area contributed by atoms with Gasteiger partial charge < -0.3 is 16.0 Å². The number of nitrogens with zero attached hydrogens (tertiary/aromatic N) is 3. The topological polar surface area (TPSA) is 91.6 Å². The van der Waals surface area contributed by atoms with Crippen LogP contribution in [0.25, 0.3) is 0 Å². The summed E-state index contributed by atoms with van der Waals surface area (Å²) >= 11 is 0. The van der Waals surface area contributed by atoms with E-state index in [1.165, 1.54) is 5.56 Å². The molecule has 1 atom stereocenters. The van der Waals surface area contributed by atoms with E-state index in [9.17, 15) is 9.59 Å². The zero-order valence-electron chi connectivity index (χ0n) is 15.5. The number of nitrogens with one attached hydrogen (secondary N) is 1. The second-order valence-electron chi connectivity index (χ2n) is 6.59. The Morgan fingerprint density at radius 3 is 2.67 bits per heavy atom. The Labute approximate surface area is 159 Å². The van der Waals surface area contributed by atoms with Crippen molar-refractivity contribution in [1.29, 1.82) is 0 Å². The van der Waals surface area contributed by atoms with Gasteiger partial charge >= 0.3 is 0 Å². The van der Waals surface area contributed by atoms with Crippen molar-refractivity contribution < 1.29 is 9.59 Å². The molecule has 1 fully saturated rings. The number of nitrogens with two attached hydrogens (primary N) is 1. The minimum atomic E-state index is -0.380. The van der Waals surface area contributed by atoms with Crippen molar-refractivity contribution in [3.63, 3.8) is 0 Å². The maximum atomic E-state index is 12.8. The molecule has 142 valence electrons. The van der Waals surface area contributed by atoms with Crippen LogP contribution in [0.1, 0.15) is 15.9 Å². The van der Waals surface area contributed by atoms with Crippen LogP contribution >= 0.6 is 0 Å². The molecule has 3 rings (SSSR count). The molecule has 0 aliphatic carbocycles. The molecule has 0 spiro atoms. The second kappa shape index (κ2) is 8.64. The van der Waals surface area contributed by atoms with E-state index in [4.69, 9.17) is 5.73 Å². The van der Waals surface area contributed by atoms with Crippen LogP contribution in [0.15, 0.2) is 48.7 Å². The van der Waals surface area contributed by atoms with Crippen LogP contribution in [-0.2, 0) is 11.2 Å². The van der Waals surface area contributed by atoms with Crippen molar-refractivity contribution >= 4 is 17.6 Å². The summed E-state index contributed by atoms with van der Waals surface area (Å²) in [5.41, 5.74) is 7.45. The van der Waals surface area contributed by atoms with Crippen molar-refractivity contribution in [2.75, 3.05) is 39.0 Å². The molecule has 0 bridgehead atoms. The molecule has 1 aromatic heterocycles. The van der Waals surface area contributed by atoms with Crippen molar-refractivity contribution in [3.05, 3.63) is 59.8 Å². The van der Waals surface area contributed by atoms with Gasteiger partial charge in [-0.3, -0.25) is 14.5 Å². The number of rotatable bonds is 5. The Kier molecular flexibility index (Phi) is 6.03.